The molecule has 1 aliphatic rings. The molecule has 144 valence electrons. The lowest BCUT2D eigenvalue weighted by Crippen LogP contribution is -2.43. The number of benzene rings is 1. The van der Waals surface area contributed by atoms with Crippen LogP contribution in [-0.4, -0.2) is 27.2 Å². The molecule has 3 heterocycles. The first-order chi connectivity index (χ1) is 13.4. The normalized spacial score (nSPS) is 16.2. The molecule has 0 radical (unpaired) electrons. The molecular formula is C19H15ClF2N4O2. The van der Waals surface area contributed by atoms with Gasteiger partial charge in [-0.25, -0.2) is 13.8 Å². The van der Waals surface area contributed by atoms with Crippen LogP contribution in [0, 0.1) is 11.6 Å². The highest BCUT2D eigenvalue weighted by molar-refractivity contribution is 6.30. The molecule has 6 nitrogen and oxygen atoms in total. The summed E-state index contributed by atoms with van der Waals surface area (Å²) in [6, 6.07) is 8.40. The molecule has 0 N–H and O–H groups in total. The molecule has 1 atom stereocenters. The Morgan fingerprint density at radius 2 is 2.11 bits per heavy atom. The number of hydrogen-bond donors (Lipinski definition) is 0. The standard InChI is InChI=1S/C19H15ClF2N4O2/c1-11-9-25(15-4-2-3-14(21)18(15)22)19(27)16-7-13(24-26(11)16)10-28-17-6-5-12(20)8-23-17/h2-8,11H,9-10H2,1H3/t11-/m1/s1. The Bertz CT molecular complexity index is 1040. The number of ether oxygens (including phenoxy) is 1. The first kappa shape index (κ1) is 18.4. The fraction of sp³-hybridized carbons (Fsp3) is 0.211. The van der Waals surface area contributed by atoms with Gasteiger partial charge < -0.3 is 9.64 Å². The molecule has 28 heavy (non-hydrogen) atoms. The van der Waals surface area contributed by atoms with Gasteiger partial charge in [-0.1, -0.05) is 17.7 Å². The topological polar surface area (TPSA) is 60.3 Å². The number of aromatic nitrogens is 3. The summed E-state index contributed by atoms with van der Waals surface area (Å²) >= 11 is 5.79. The van der Waals surface area contributed by atoms with Crippen LogP contribution >= 0.6 is 11.6 Å². The van der Waals surface area contributed by atoms with Crippen LogP contribution in [0.5, 0.6) is 5.88 Å². The van der Waals surface area contributed by atoms with Gasteiger partial charge in [0, 0.05) is 18.8 Å². The van der Waals surface area contributed by atoms with Crippen molar-refractivity contribution in [1.29, 1.82) is 0 Å². The quantitative estimate of drug-likeness (QED) is 0.659. The smallest absolute Gasteiger partial charge is 0.276 e. The molecule has 0 aliphatic carbocycles. The molecule has 0 saturated carbocycles. The molecule has 0 unspecified atom stereocenters. The zero-order valence-corrected chi connectivity index (χ0v) is 15.5. The second-order valence-corrected chi connectivity index (χ2v) is 6.84. The molecule has 1 aromatic carbocycles. The van der Waals surface area contributed by atoms with Crippen LogP contribution in [0.4, 0.5) is 14.5 Å². The lowest BCUT2D eigenvalue weighted by molar-refractivity contribution is 0.0952. The molecule has 9 heteroatoms. The third kappa shape index (κ3) is 3.31. The minimum absolute atomic E-state index is 0.0903. The second kappa shape index (κ2) is 7.20. The maximum Gasteiger partial charge on any atom is 0.276 e. The predicted molar refractivity (Wildman–Crippen MR) is 98.6 cm³/mol. The summed E-state index contributed by atoms with van der Waals surface area (Å²) in [6.45, 7) is 2.12. The van der Waals surface area contributed by atoms with Crippen molar-refractivity contribution in [2.24, 2.45) is 0 Å². The Hall–Kier alpha value is -3.00. The summed E-state index contributed by atoms with van der Waals surface area (Å²) in [5, 5.41) is 4.90. The number of hydrogen-bond acceptors (Lipinski definition) is 4. The predicted octanol–water partition coefficient (Wildman–Crippen LogP) is 4.01. The number of halogens is 3. The van der Waals surface area contributed by atoms with E-state index in [1.54, 1.807) is 22.9 Å². The fourth-order valence-corrected chi connectivity index (χ4v) is 3.19. The van der Waals surface area contributed by atoms with Crippen LogP contribution < -0.4 is 9.64 Å². The Morgan fingerprint density at radius 3 is 2.86 bits per heavy atom. The highest BCUT2D eigenvalue weighted by Crippen LogP contribution is 2.29. The first-order valence-electron chi connectivity index (χ1n) is 8.52. The average molecular weight is 405 g/mol. The average Bonchev–Trinajstić information content (AvgIpc) is 3.12. The Kier molecular flexibility index (Phi) is 4.72. The third-order valence-electron chi connectivity index (χ3n) is 4.41. The zero-order chi connectivity index (χ0) is 19.8. The van der Waals surface area contributed by atoms with Crippen LogP contribution in [0.2, 0.25) is 5.02 Å². The number of amides is 1. The van der Waals surface area contributed by atoms with Gasteiger partial charge in [-0.15, -0.1) is 0 Å². The Balaban J connectivity index is 1.58. The van der Waals surface area contributed by atoms with Gasteiger partial charge in [-0.2, -0.15) is 5.10 Å². The van der Waals surface area contributed by atoms with Gasteiger partial charge in [0.1, 0.15) is 18.0 Å². The van der Waals surface area contributed by atoms with Gasteiger partial charge >= 0.3 is 0 Å². The summed E-state index contributed by atoms with van der Waals surface area (Å²) in [5.74, 6) is -2.13. The number of rotatable bonds is 4. The van der Waals surface area contributed by atoms with E-state index in [2.05, 4.69) is 10.1 Å². The highest BCUT2D eigenvalue weighted by atomic mass is 35.5. The van der Waals surface area contributed by atoms with Crippen LogP contribution in [-0.2, 0) is 6.61 Å². The molecular weight excluding hydrogens is 390 g/mol. The minimum atomic E-state index is -1.05. The van der Waals surface area contributed by atoms with Gasteiger partial charge in [-0.05, 0) is 31.2 Å². The molecule has 0 saturated heterocycles. The number of carbonyl (C=O) groups is 1. The van der Waals surface area contributed by atoms with Gasteiger partial charge in [0.15, 0.2) is 11.6 Å². The monoisotopic (exact) mass is 404 g/mol. The molecule has 3 aromatic rings. The summed E-state index contributed by atoms with van der Waals surface area (Å²) < 4.78 is 34.9. The molecule has 1 aliphatic heterocycles. The third-order valence-corrected chi connectivity index (χ3v) is 4.63. The van der Waals surface area contributed by atoms with Gasteiger partial charge in [-0.3, -0.25) is 9.48 Å². The zero-order valence-electron chi connectivity index (χ0n) is 14.8. The largest absolute Gasteiger partial charge is 0.471 e. The number of nitrogens with zero attached hydrogens (tertiary/aromatic N) is 4. The summed E-state index contributed by atoms with van der Waals surface area (Å²) in [6.07, 6.45) is 1.46. The van der Waals surface area contributed by atoms with Crippen molar-refractivity contribution in [1.82, 2.24) is 14.8 Å². The number of anilines is 1. The first-order valence-corrected chi connectivity index (χ1v) is 8.90. The highest BCUT2D eigenvalue weighted by Gasteiger charge is 2.33. The van der Waals surface area contributed by atoms with E-state index in [0.717, 1.165) is 6.07 Å². The summed E-state index contributed by atoms with van der Waals surface area (Å²) in [7, 11) is 0. The van der Waals surface area contributed by atoms with E-state index in [9.17, 15) is 13.6 Å². The van der Waals surface area contributed by atoms with Crippen molar-refractivity contribution in [2.45, 2.75) is 19.6 Å². The van der Waals surface area contributed by atoms with Crippen molar-refractivity contribution in [3.8, 4) is 5.88 Å². The van der Waals surface area contributed by atoms with Gasteiger partial charge in [0.05, 0.1) is 16.8 Å². The molecule has 0 fully saturated rings. The van der Waals surface area contributed by atoms with Crippen molar-refractivity contribution < 1.29 is 18.3 Å². The van der Waals surface area contributed by atoms with E-state index in [1.807, 2.05) is 6.92 Å². The maximum absolute atomic E-state index is 14.2. The van der Waals surface area contributed by atoms with Gasteiger partial charge in [0.2, 0.25) is 5.88 Å². The molecule has 4 rings (SSSR count). The number of fused-ring (bicyclic) bond motifs is 1. The van der Waals surface area contributed by atoms with E-state index in [0.29, 0.717) is 16.6 Å². The summed E-state index contributed by atoms with van der Waals surface area (Å²) in [5.41, 5.74) is 0.714. The molecule has 0 bridgehead atoms. The van der Waals surface area contributed by atoms with E-state index < -0.39 is 17.5 Å². The fourth-order valence-electron chi connectivity index (χ4n) is 3.08. The van der Waals surface area contributed by atoms with Crippen LogP contribution in [0.25, 0.3) is 0 Å². The van der Waals surface area contributed by atoms with E-state index in [4.69, 9.17) is 16.3 Å². The van der Waals surface area contributed by atoms with Crippen molar-refractivity contribution >= 4 is 23.2 Å². The number of pyridine rings is 1. The molecule has 2 aromatic heterocycles. The summed E-state index contributed by atoms with van der Waals surface area (Å²) in [4.78, 5) is 18.1. The van der Waals surface area contributed by atoms with Gasteiger partial charge in [0.25, 0.3) is 5.91 Å². The lowest BCUT2D eigenvalue weighted by atomic mass is 10.1. The van der Waals surface area contributed by atoms with Crippen molar-refractivity contribution in [3.63, 3.8) is 0 Å². The van der Waals surface area contributed by atoms with Crippen LogP contribution in [0.1, 0.15) is 29.1 Å². The second-order valence-electron chi connectivity index (χ2n) is 6.41. The minimum Gasteiger partial charge on any atom is -0.471 e. The van der Waals surface area contributed by atoms with E-state index in [-0.39, 0.29) is 30.6 Å². The number of carbonyl (C=O) groups excluding carboxylic acids is 1. The maximum atomic E-state index is 14.2. The van der Waals surface area contributed by atoms with Crippen molar-refractivity contribution in [3.05, 3.63) is 70.6 Å². The van der Waals surface area contributed by atoms with Crippen LogP contribution in [0.15, 0.2) is 42.6 Å². The van der Waals surface area contributed by atoms with E-state index >= 15 is 0 Å². The SMILES string of the molecule is C[C@@H]1CN(c2cccc(F)c2F)C(=O)c2cc(COc3ccc(Cl)cn3)nn21. The molecule has 0 spiro atoms. The lowest BCUT2D eigenvalue weighted by Gasteiger charge is -2.31. The van der Waals surface area contributed by atoms with Crippen LogP contribution in [0.3, 0.4) is 0 Å². The Labute approximate surface area is 164 Å². The molecule has 1 amide bonds. The van der Waals surface area contributed by atoms with E-state index in [1.165, 1.54) is 23.2 Å². The van der Waals surface area contributed by atoms with Crippen molar-refractivity contribution in [2.75, 3.05) is 11.4 Å². The Morgan fingerprint density at radius 1 is 1.29 bits per heavy atom.